The number of halogens is 2. The van der Waals surface area contributed by atoms with E-state index < -0.39 is 18.0 Å². The van der Waals surface area contributed by atoms with Gasteiger partial charge >= 0.3 is 0 Å². The molecular weight excluding hydrogens is 538 g/mol. The molecular formula is C26H28B3Cl2N3O5. The monoisotopic (exact) mass is 565 g/mol. The fourth-order valence-electron chi connectivity index (χ4n) is 5.47. The van der Waals surface area contributed by atoms with Crippen LogP contribution in [-0.4, -0.2) is 86.8 Å². The maximum Gasteiger partial charge on any atom is 0.256 e. The van der Waals surface area contributed by atoms with Crippen LogP contribution in [0.25, 0.3) is 0 Å². The van der Waals surface area contributed by atoms with Gasteiger partial charge in [0.1, 0.15) is 6.61 Å². The summed E-state index contributed by atoms with van der Waals surface area (Å²) in [6.07, 6.45) is 0.613. The van der Waals surface area contributed by atoms with Crippen molar-refractivity contribution in [3.05, 3.63) is 66.0 Å². The molecule has 13 heteroatoms. The number of aliphatic hydroxyl groups excluding tert-OH is 1. The van der Waals surface area contributed by atoms with Gasteiger partial charge in [-0.15, -0.1) is 0 Å². The number of ether oxygens (including phenoxy) is 1. The third kappa shape index (κ3) is 6.42. The lowest BCUT2D eigenvalue weighted by Gasteiger charge is -2.40. The molecule has 39 heavy (non-hydrogen) atoms. The molecule has 4 rings (SSSR count). The SMILES string of the molecule is [B]C([B])([B])OC(c1cc(Cl)c2c(c1Cl)C(=O)N(Cc1c(C)cc(C)[nH]c1=O)CC2)C1CCN(C(=O)CO)CC1. The van der Waals surface area contributed by atoms with Crippen LogP contribution in [0, 0.1) is 19.8 Å². The molecule has 1 aromatic heterocycles. The highest BCUT2D eigenvalue weighted by Gasteiger charge is 2.37. The Kier molecular flexibility index (Phi) is 8.96. The first-order valence-electron chi connectivity index (χ1n) is 12.7. The number of H-pyrrole nitrogens is 1. The van der Waals surface area contributed by atoms with Crippen LogP contribution >= 0.6 is 23.2 Å². The molecule has 0 spiro atoms. The van der Waals surface area contributed by atoms with Crippen molar-refractivity contribution in [3.63, 3.8) is 0 Å². The van der Waals surface area contributed by atoms with E-state index >= 15 is 0 Å². The van der Waals surface area contributed by atoms with E-state index in [1.807, 2.05) is 13.0 Å². The summed E-state index contributed by atoms with van der Waals surface area (Å²) in [4.78, 5) is 44.2. The molecule has 2 amide bonds. The Morgan fingerprint density at radius 1 is 1.18 bits per heavy atom. The summed E-state index contributed by atoms with van der Waals surface area (Å²) in [5.41, 5.74) is 3.06. The van der Waals surface area contributed by atoms with Crippen LogP contribution in [0.1, 0.15) is 57.3 Å². The number of carbonyl (C=O) groups excluding carboxylic acids is 2. The number of likely N-dealkylation sites (tertiary alicyclic amines) is 1. The topological polar surface area (TPSA) is 103 Å². The highest BCUT2D eigenvalue weighted by atomic mass is 35.5. The van der Waals surface area contributed by atoms with E-state index in [1.54, 1.807) is 22.8 Å². The number of aromatic amines is 1. The molecule has 1 saturated heterocycles. The first-order chi connectivity index (χ1) is 18.3. The van der Waals surface area contributed by atoms with Gasteiger partial charge in [-0.1, -0.05) is 23.2 Å². The summed E-state index contributed by atoms with van der Waals surface area (Å²) < 4.78 is 5.88. The number of nitrogens with zero attached hydrogens (tertiary/aromatic N) is 2. The maximum atomic E-state index is 13.8. The summed E-state index contributed by atoms with van der Waals surface area (Å²) >= 11 is 13.6. The number of fused-ring (bicyclic) bond motifs is 1. The predicted octanol–water partition coefficient (Wildman–Crippen LogP) is 1.90. The molecule has 3 heterocycles. The van der Waals surface area contributed by atoms with Crippen LogP contribution in [0.4, 0.5) is 0 Å². The molecule has 0 saturated carbocycles. The fourth-order valence-corrected chi connectivity index (χ4v) is 6.13. The zero-order valence-electron chi connectivity index (χ0n) is 21.9. The summed E-state index contributed by atoms with van der Waals surface area (Å²) in [6.45, 7) is 4.31. The molecule has 2 N–H and O–H groups in total. The van der Waals surface area contributed by atoms with Crippen molar-refractivity contribution in [2.75, 3.05) is 26.2 Å². The molecule has 0 aliphatic carbocycles. The summed E-state index contributed by atoms with van der Waals surface area (Å²) in [5.74, 6) is -0.927. The number of pyridine rings is 1. The van der Waals surface area contributed by atoms with Gasteiger partial charge in [0.05, 0.1) is 46.8 Å². The molecule has 2 aromatic rings. The van der Waals surface area contributed by atoms with E-state index in [4.69, 9.17) is 51.5 Å². The third-order valence-electron chi connectivity index (χ3n) is 7.41. The molecule has 6 radical (unpaired) electrons. The van der Waals surface area contributed by atoms with Gasteiger partial charge in [0.15, 0.2) is 0 Å². The van der Waals surface area contributed by atoms with Gasteiger partial charge < -0.3 is 24.6 Å². The van der Waals surface area contributed by atoms with Gasteiger partial charge in [-0.3, -0.25) is 14.4 Å². The third-order valence-corrected chi connectivity index (χ3v) is 8.16. The van der Waals surface area contributed by atoms with Crippen molar-refractivity contribution in [1.29, 1.82) is 0 Å². The largest absolute Gasteiger partial charge is 0.395 e. The number of carbonyl (C=O) groups is 2. The highest BCUT2D eigenvalue weighted by Crippen LogP contribution is 2.43. The van der Waals surface area contributed by atoms with Gasteiger partial charge in [0.2, 0.25) is 5.91 Å². The van der Waals surface area contributed by atoms with E-state index in [2.05, 4.69) is 4.98 Å². The average Bonchev–Trinajstić information content (AvgIpc) is 2.86. The van der Waals surface area contributed by atoms with Gasteiger partial charge in [-0.05, 0) is 67.6 Å². The van der Waals surface area contributed by atoms with E-state index in [9.17, 15) is 19.5 Å². The van der Waals surface area contributed by atoms with E-state index in [1.165, 1.54) is 0 Å². The summed E-state index contributed by atoms with van der Waals surface area (Å²) in [5, 5.41) is 7.70. The van der Waals surface area contributed by atoms with Crippen molar-refractivity contribution >= 4 is 58.6 Å². The minimum Gasteiger partial charge on any atom is -0.395 e. The van der Waals surface area contributed by atoms with Crippen LogP contribution in [0.2, 0.25) is 10.0 Å². The summed E-state index contributed by atoms with van der Waals surface area (Å²) in [6, 6.07) is 3.52. The number of rotatable bonds is 7. The Bertz CT molecular complexity index is 1340. The van der Waals surface area contributed by atoms with Crippen molar-refractivity contribution in [2.45, 2.75) is 51.1 Å². The molecule has 1 atom stereocenters. The van der Waals surface area contributed by atoms with Crippen molar-refractivity contribution < 1.29 is 19.4 Å². The van der Waals surface area contributed by atoms with Crippen molar-refractivity contribution in [3.8, 4) is 0 Å². The smallest absolute Gasteiger partial charge is 0.256 e. The zero-order chi connectivity index (χ0) is 28.6. The Balaban J connectivity index is 1.69. The van der Waals surface area contributed by atoms with Gasteiger partial charge in [0, 0.05) is 41.5 Å². The van der Waals surface area contributed by atoms with Crippen LogP contribution in [0.15, 0.2) is 16.9 Å². The van der Waals surface area contributed by atoms with Crippen molar-refractivity contribution in [2.24, 2.45) is 5.92 Å². The van der Waals surface area contributed by atoms with Crippen molar-refractivity contribution in [1.82, 2.24) is 14.8 Å². The lowest BCUT2D eigenvalue weighted by atomic mass is 9.52. The molecule has 200 valence electrons. The zero-order valence-corrected chi connectivity index (χ0v) is 23.4. The molecule has 0 bridgehead atoms. The van der Waals surface area contributed by atoms with Gasteiger partial charge in [0.25, 0.3) is 11.5 Å². The number of aromatic nitrogens is 1. The average molecular weight is 566 g/mol. The minimum atomic E-state index is -2.01. The number of amides is 2. The van der Waals surface area contributed by atoms with Crippen LogP contribution < -0.4 is 5.56 Å². The van der Waals surface area contributed by atoms with Gasteiger partial charge in [-0.2, -0.15) is 0 Å². The molecule has 2 aliphatic heterocycles. The number of hydrogen-bond donors (Lipinski definition) is 2. The first-order valence-corrected chi connectivity index (χ1v) is 13.5. The van der Waals surface area contributed by atoms with Crippen LogP contribution in [-0.2, 0) is 22.5 Å². The highest BCUT2D eigenvalue weighted by molar-refractivity contribution is 6.58. The number of nitrogens with one attached hydrogen (secondary N) is 1. The number of aryl methyl sites for hydroxylation is 2. The first kappa shape index (κ1) is 29.8. The second-order valence-corrected chi connectivity index (χ2v) is 11.1. The predicted molar refractivity (Wildman–Crippen MR) is 152 cm³/mol. The number of hydrogen-bond acceptors (Lipinski definition) is 5. The molecule has 2 aliphatic rings. The molecule has 1 aromatic carbocycles. The Morgan fingerprint density at radius 3 is 2.44 bits per heavy atom. The number of aliphatic hydroxyl groups is 1. The normalized spacial score (nSPS) is 17.3. The maximum absolute atomic E-state index is 13.8. The van der Waals surface area contributed by atoms with Crippen LogP contribution in [0.3, 0.4) is 0 Å². The standard InChI is InChI=1S/C26H28B3Cl2N3O5/c1-13-9-14(2)32-24(37)18(13)11-34-8-5-16-19(30)10-17(22(31)21(16)25(34)38)23(39-26(27,28)29)15-3-6-33(7-4-15)20(36)12-35/h9-10,15,23,35H,3-8,11-12H2,1-2H3,(H,32,37). The van der Waals surface area contributed by atoms with Crippen LogP contribution in [0.5, 0.6) is 0 Å². The lowest BCUT2D eigenvalue weighted by molar-refractivity contribution is -0.136. The molecule has 1 fully saturated rings. The quantitative estimate of drug-likeness (QED) is 0.500. The Hall–Kier alpha value is -2.20. The minimum absolute atomic E-state index is 0.118. The van der Waals surface area contributed by atoms with Gasteiger partial charge in [-0.25, -0.2) is 0 Å². The number of benzene rings is 1. The number of piperidine rings is 1. The molecule has 8 nitrogen and oxygen atoms in total. The second kappa shape index (κ2) is 11.7. The van der Waals surface area contributed by atoms with E-state index in [0.29, 0.717) is 60.6 Å². The second-order valence-electron chi connectivity index (χ2n) is 10.3. The van der Waals surface area contributed by atoms with E-state index in [-0.39, 0.29) is 40.4 Å². The summed E-state index contributed by atoms with van der Waals surface area (Å²) in [7, 11) is 17.5. The Labute approximate surface area is 241 Å². The van der Waals surface area contributed by atoms with E-state index in [0.717, 1.165) is 11.3 Å². The Morgan fingerprint density at radius 2 is 1.85 bits per heavy atom. The lowest BCUT2D eigenvalue weighted by Crippen LogP contribution is -2.44. The fraction of sp³-hybridized carbons (Fsp3) is 0.500. The molecule has 1 unspecified atom stereocenters.